The molecule has 0 saturated carbocycles. The summed E-state index contributed by atoms with van der Waals surface area (Å²) in [7, 11) is 0. The quantitative estimate of drug-likeness (QED) is 0.633. The van der Waals surface area contributed by atoms with Crippen LogP contribution in [0, 0.1) is 11.3 Å². The van der Waals surface area contributed by atoms with E-state index in [0.717, 1.165) is 0 Å². The predicted octanol–water partition coefficient (Wildman–Crippen LogP) is 1.82. The average Bonchev–Trinajstić information content (AvgIpc) is 2.24. The third kappa shape index (κ3) is 1.45. The monoisotopic (exact) mass is 197 g/mol. The third-order valence-corrected chi connectivity index (χ3v) is 3.29. The maximum absolute atomic E-state index is 12.0. The van der Waals surface area contributed by atoms with Gasteiger partial charge in [0, 0.05) is 12.5 Å². The van der Waals surface area contributed by atoms with Gasteiger partial charge in [0.2, 0.25) is 11.8 Å². The summed E-state index contributed by atoms with van der Waals surface area (Å²) in [6.07, 6.45) is 0.363. The van der Waals surface area contributed by atoms with Crippen LogP contribution in [0.25, 0.3) is 0 Å². The summed E-state index contributed by atoms with van der Waals surface area (Å²) >= 11 is 0. The van der Waals surface area contributed by atoms with E-state index < -0.39 is 5.41 Å². The standard InChI is InChI=1S/C11H19NO2/c1-7(2)11(5)6-9(13)12(8(3)4)10(11)14/h7-8H,6H2,1-5H3. The Balaban J connectivity index is 3.01. The second-order valence-electron chi connectivity index (χ2n) is 4.91. The van der Waals surface area contributed by atoms with Gasteiger partial charge in [0.25, 0.3) is 0 Å². The zero-order valence-electron chi connectivity index (χ0n) is 9.63. The van der Waals surface area contributed by atoms with E-state index in [1.807, 2.05) is 34.6 Å². The van der Waals surface area contributed by atoms with Crippen LogP contribution in [0.15, 0.2) is 0 Å². The van der Waals surface area contributed by atoms with E-state index in [0.29, 0.717) is 6.42 Å². The minimum Gasteiger partial charge on any atom is -0.280 e. The first-order valence-corrected chi connectivity index (χ1v) is 5.17. The summed E-state index contributed by atoms with van der Waals surface area (Å²) in [5.41, 5.74) is -0.485. The average molecular weight is 197 g/mol. The molecule has 0 aromatic rings. The fourth-order valence-electron chi connectivity index (χ4n) is 1.84. The van der Waals surface area contributed by atoms with Crippen LogP contribution in [0.4, 0.5) is 0 Å². The lowest BCUT2D eigenvalue weighted by Crippen LogP contribution is -2.40. The highest BCUT2D eigenvalue weighted by Crippen LogP contribution is 2.39. The lowest BCUT2D eigenvalue weighted by atomic mass is 9.78. The van der Waals surface area contributed by atoms with Gasteiger partial charge in [-0.05, 0) is 26.7 Å². The molecule has 1 atom stereocenters. The van der Waals surface area contributed by atoms with Crippen LogP contribution < -0.4 is 0 Å². The van der Waals surface area contributed by atoms with Gasteiger partial charge in [0.05, 0.1) is 5.41 Å². The largest absolute Gasteiger partial charge is 0.280 e. The Morgan fingerprint density at radius 3 is 1.93 bits per heavy atom. The van der Waals surface area contributed by atoms with Crippen LogP contribution in [-0.2, 0) is 9.59 Å². The van der Waals surface area contributed by atoms with Crippen LogP contribution in [0.1, 0.15) is 41.0 Å². The molecule has 0 aliphatic carbocycles. The third-order valence-electron chi connectivity index (χ3n) is 3.29. The van der Waals surface area contributed by atoms with Gasteiger partial charge < -0.3 is 0 Å². The fourth-order valence-corrected chi connectivity index (χ4v) is 1.84. The first kappa shape index (κ1) is 11.2. The van der Waals surface area contributed by atoms with Gasteiger partial charge in [-0.15, -0.1) is 0 Å². The zero-order valence-corrected chi connectivity index (χ0v) is 9.63. The van der Waals surface area contributed by atoms with Crippen molar-refractivity contribution in [1.29, 1.82) is 0 Å². The number of hydrogen-bond donors (Lipinski definition) is 0. The van der Waals surface area contributed by atoms with Crippen LogP contribution in [0.2, 0.25) is 0 Å². The molecule has 14 heavy (non-hydrogen) atoms. The molecule has 3 heteroatoms. The first-order chi connectivity index (χ1) is 6.30. The van der Waals surface area contributed by atoms with Gasteiger partial charge in [-0.1, -0.05) is 13.8 Å². The minimum absolute atomic E-state index is 0.00694. The van der Waals surface area contributed by atoms with E-state index in [9.17, 15) is 9.59 Å². The van der Waals surface area contributed by atoms with Crippen molar-refractivity contribution in [3.8, 4) is 0 Å². The zero-order chi connectivity index (χ0) is 11.1. The molecule has 2 amide bonds. The van der Waals surface area contributed by atoms with Crippen LogP contribution in [0.5, 0.6) is 0 Å². The highest BCUT2D eigenvalue weighted by atomic mass is 16.2. The summed E-state index contributed by atoms with van der Waals surface area (Å²) in [4.78, 5) is 25.1. The minimum atomic E-state index is -0.485. The van der Waals surface area contributed by atoms with Crippen molar-refractivity contribution < 1.29 is 9.59 Å². The summed E-state index contributed by atoms with van der Waals surface area (Å²) in [6.45, 7) is 9.63. The molecule has 0 spiro atoms. The van der Waals surface area contributed by atoms with E-state index in [-0.39, 0.29) is 23.8 Å². The Morgan fingerprint density at radius 1 is 1.21 bits per heavy atom. The Morgan fingerprint density at radius 2 is 1.71 bits per heavy atom. The van der Waals surface area contributed by atoms with Crippen molar-refractivity contribution >= 4 is 11.8 Å². The highest BCUT2D eigenvalue weighted by Gasteiger charge is 2.50. The number of rotatable bonds is 2. The lowest BCUT2D eigenvalue weighted by Gasteiger charge is -2.27. The van der Waals surface area contributed by atoms with Gasteiger partial charge in [-0.3, -0.25) is 14.5 Å². The molecule has 1 unspecified atom stereocenters. The fraction of sp³-hybridized carbons (Fsp3) is 0.818. The molecular weight excluding hydrogens is 178 g/mol. The molecule has 1 aliphatic heterocycles. The molecule has 0 N–H and O–H groups in total. The van der Waals surface area contributed by atoms with Crippen molar-refractivity contribution in [2.45, 2.75) is 47.1 Å². The summed E-state index contributed by atoms with van der Waals surface area (Å²) < 4.78 is 0. The van der Waals surface area contributed by atoms with E-state index in [1.54, 1.807) is 0 Å². The summed E-state index contributed by atoms with van der Waals surface area (Å²) in [5.74, 6) is 0.177. The number of likely N-dealkylation sites (tertiary alicyclic amines) is 1. The van der Waals surface area contributed by atoms with Crippen LogP contribution in [0.3, 0.4) is 0 Å². The van der Waals surface area contributed by atoms with Gasteiger partial charge >= 0.3 is 0 Å². The van der Waals surface area contributed by atoms with Crippen molar-refractivity contribution in [3.05, 3.63) is 0 Å². The van der Waals surface area contributed by atoms with Gasteiger partial charge in [-0.2, -0.15) is 0 Å². The second-order valence-corrected chi connectivity index (χ2v) is 4.91. The molecular formula is C11H19NO2. The summed E-state index contributed by atoms with van der Waals surface area (Å²) in [6, 6.07) is -0.0180. The van der Waals surface area contributed by atoms with E-state index in [2.05, 4.69) is 0 Å². The van der Waals surface area contributed by atoms with E-state index >= 15 is 0 Å². The molecule has 0 aromatic heterocycles. The predicted molar refractivity (Wildman–Crippen MR) is 54.6 cm³/mol. The Labute approximate surface area is 85.5 Å². The number of nitrogens with zero attached hydrogens (tertiary/aromatic N) is 1. The number of carbonyl (C=O) groups excluding carboxylic acids is 2. The lowest BCUT2D eigenvalue weighted by molar-refractivity contribution is -0.143. The topological polar surface area (TPSA) is 37.4 Å². The maximum Gasteiger partial charge on any atom is 0.236 e. The van der Waals surface area contributed by atoms with Crippen LogP contribution >= 0.6 is 0 Å². The maximum atomic E-state index is 12.0. The van der Waals surface area contributed by atoms with Crippen molar-refractivity contribution in [1.82, 2.24) is 4.90 Å². The Kier molecular flexibility index (Phi) is 2.70. The van der Waals surface area contributed by atoms with Crippen molar-refractivity contribution in [3.63, 3.8) is 0 Å². The summed E-state index contributed by atoms with van der Waals surface area (Å²) in [5, 5.41) is 0. The molecule has 1 fully saturated rings. The first-order valence-electron chi connectivity index (χ1n) is 5.17. The van der Waals surface area contributed by atoms with Crippen molar-refractivity contribution in [2.75, 3.05) is 0 Å². The molecule has 1 saturated heterocycles. The molecule has 1 rings (SSSR count). The number of imide groups is 1. The second kappa shape index (κ2) is 3.37. The van der Waals surface area contributed by atoms with E-state index in [1.165, 1.54) is 4.90 Å². The molecule has 0 bridgehead atoms. The molecule has 3 nitrogen and oxygen atoms in total. The number of carbonyl (C=O) groups is 2. The highest BCUT2D eigenvalue weighted by molar-refractivity contribution is 6.06. The molecule has 1 heterocycles. The van der Waals surface area contributed by atoms with E-state index in [4.69, 9.17) is 0 Å². The smallest absolute Gasteiger partial charge is 0.236 e. The van der Waals surface area contributed by atoms with Gasteiger partial charge in [0.1, 0.15) is 0 Å². The Hall–Kier alpha value is -0.860. The van der Waals surface area contributed by atoms with Crippen molar-refractivity contribution in [2.24, 2.45) is 11.3 Å². The number of hydrogen-bond acceptors (Lipinski definition) is 2. The number of amides is 2. The van der Waals surface area contributed by atoms with Gasteiger partial charge in [0.15, 0.2) is 0 Å². The van der Waals surface area contributed by atoms with Crippen LogP contribution in [-0.4, -0.2) is 22.8 Å². The molecule has 1 aliphatic rings. The molecule has 80 valence electrons. The van der Waals surface area contributed by atoms with Gasteiger partial charge in [-0.25, -0.2) is 0 Å². The Bertz CT molecular complexity index is 270. The normalized spacial score (nSPS) is 28.4. The molecule has 0 aromatic carbocycles. The molecule has 0 radical (unpaired) electrons. The SMILES string of the molecule is CC(C)N1C(=O)CC(C)(C(C)C)C1=O.